The Balaban J connectivity index is 2.12. The molecular weight excluding hydrogens is 424 g/mol. The Morgan fingerprint density at radius 1 is 1.07 bits per heavy atom. The minimum Gasteiger partial charge on any atom is -0.493 e. The molecule has 0 N–H and O–H groups in total. The van der Waals surface area contributed by atoms with Gasteiger partial charge in [0, 0.05) is 13.6 Å². The van der Waals surface area contributed by atoms with Crippen molar-refractivity contribution in [3.8, 4) is 17.2 Å². The maximum absolute atomic E-state index is 12.8. The molecule has 8 nitrogen and oxygen atoms in total. The number of methoxy groups -OCH3 is 2. The summed E-state index contributed by atoms with van der Waals surface area (Å²) in [5.41, 5.74) is 0.512. The molecule has 0 amide bonds. The summed E-state index contributed by atoms with van der Waals surface area (Å²) < 4.78 is 70.5. The molecule has 2 rings (SSSR count). The third-order valence-electron chi connectivity index (χ3n) is 3.97. The zero-order valence-corrected chi connectivity index (χ0v) is 17.3. The third-order valence-corrected chi connectivity index (χ3v) is 5.78. The number of alkyl halides is 2. The topological polar surface area (TPSA) is 91.4 Å². The quantitative estimate of drug-likeness (QED) is 0.519. The van der Waals surface area contributed by atoms with E-state index in [0.29, 0.717) is 11.3 Å². The molecule has 0 bridgehead atoms. The Morgan fingerprint density at radius 2 is 1.73 bits per heavy atom. The average molecular weight is 445 g/mol. The van der Waals surface area contributed by atoms with Crippen LogP contribution in [0.25, 0.3) is 0 Å². The Hall–Kier alpha value is -2.92. The van der Waals surface area contributed by atoms with E-state index in [4.69, 9.17) is 9.47 Å². The second-order valence-electron chi connectivity index (χ2n) is 5.96. The number of hydrogen-bond acceptors (Lipinski definition) is 7. The molecule has 2 aromatic carbocycles. The van der Waals surface area contributed by atoms with Crippen LogP contribution in [0.3, 0.4) is 0 Å². The van der Waals surface area contributed by atoms with Gasteiger partial charge in [0.1, 0.15) is 5.75 Å². The van der Waals surface area contributed by atoms with E-state index in [9.17, 15) is 22.0 Å². The summed E-state index contributed by atoms with van der Waals surface area (Å²) in [6, 6.07) is 9.71. The van der Waals surface area contributed by atoms with Crippen LogP contribution in [0.2, 0.25) is 0 Å². The summed E-state index contributed by atoms with van der Waals surface area (Å²) in [7, 11) is 0.0592. The number of esters is 1. The second-order valence-corrected chi connectivity index (χ2v) is 8.01. The molecule has 0 spiro atoms. The van der Waals surface area contributed by atoms with Crippen LogP contribution < -0.4 is 14.2 Å². The van der Waals surface area contributed by atoms with E-state index in [1.54, 1.807) is 0 Å². The van der Waals surface area contributed by atoms with E-state index >= 15 is 0 Å². The van der Waals surface area contributed by atoms with Gasteiger partial charge in [0.15, 0.2) is 18.1 Å². The lowest BCUT2D eigenvalue weighted by molar-refractivity contribution is -0.142. The summed E-state index contributed by atoms with van der Waals surface area (Å²) in [6.45, 7) is -3.34. The number of hydrogen-bond donors (Lipinski definition) is 0. The molecule has 0 aromatic heterocycles. The first-order valence-electron chi connectivity index (χ1n) is 8.55. The monoisotopic (exact) mass is 445 g/mol. The SMILES string of the molecule is COC(=O)COc1ccc(S(=O)(=O)N(C)Cc2ccc(OC(F)F)c(OC)c2)cc1. The Kier molecular flexibility index (Phi) is 7.95. The van der Waals surface area contributed by atoms with Gasteiger partial charge in [-0.2, -0.15) is 13.1 Å². The molecule has 0 unspecified atom stereocenters. The summed E-state index contributed by atoms with van der Waals surface area (Å²) in [4.78, 5) is 11.1. The molecule has 0 radical (unpaired) electrons. The number of sulfonamides is 1. The van der Waals surface area contributed by atoms with E-state index < -0.39 is 22.6 Å². The van der Waals surface area contributed by atoms with Crippen molar-refractivity contribution < 1.29 is 40.9 Å². The number of carbonyl (C=O) groups is 1. The molecule has 0 aliphatic rings. The Morgan fingerprint density at radius 3 is 2.30 bits per heavy atom. The maximum atomic E-state index is 12.8. The van der Waals surface area contributed by atoms with Crippen molar-refractivity contribution >= 4 is 16.0 Å². The van der Waals surface area contributed by atoms with Gasteiger partial charge in [-0.3, -0.25) is 0 Å². The van der Waals surface area contributed by atoms with Gasteiger partial charge in [-0.05, 0) is 42.0 Å². The molecule has 0 aliphatic heterocycles. The third kappa shape index (κ3) is 6.04. The number of nitrogens with zero attached hydrogens (tertiary/aromatic N) is 1. The molecule has 11 heteroatoms. The highest BCUT2D eigenvalue weighted by molar-refractivity contribution is 7.89. The van der Waals surface area contributed by atoms with Gasteiger partial charge < -0.3 is 18.9 Å². The normalized spacial score (nSPS) is 11.4. The summed E-state index contributed by atoms with van der Waals surface area (Å²) >= 11 is 0. The number of ether oxygens (including phenoxy) is 4. The fourth-order valence-corrected chi connectivity index (χ4v) is 3.59. The molecule has 2 aromatic rings. The molecule has 30 heavy (non-hydrogen) atoms. The van der Waals surface area contributed by atoms with Crippen LogP contribution in [0, 0.1) is 0 Å². The molecule has 0 fully saturated rings. The summed E-state index contributed by atoms with van der Waals surface area (Å²) in [5, 5.41) is 0. The highest BCUT2D eigenvalue weighted by Gasteiger charge is 2.22. The fraction of sp³-hybridized carbons (Fsp3) is 0.316. The number of rotatable bonds is 10. The second kappa shape index (κ2) is 10.2. The smallest absolute Gasteiger partial charge is 0.387 e. The lowest BCUT2D eigenvalue weighted by atomic mass is 10.2. The highest BCUT2D eigenvalue weighted by Crippen LogP contribution is 2.30. The number of halogens is 2. The molecule has 0 saturated carbocycles. The van der Waals surface area contributed by atoms with Gasteiger partial charge in [0.2, 0.25) is 10.0 Å². The van der Waals surface area contributed by atoms with Crippen LogP contribution in [0.15, 0.2) is 47.4 Å². The number of carbonyl (C=O) groups excluding carboxylic acids is 1. The first-order chi connectivity index (χ1) is 14.2. The standard InChI is InChI=1S/C19H21F2NO7S/c1-22(11-13-4-9-16(29-19(20)21)17(10-13)26-2)30(24,25)15-7-5-14(6-8-15)28-12-18(23)27-3/h4-10,19H,11-12H2,1-3H3. The average Bonchev–Trinajstić information content (AvgIpc) is 2.72. The predicted octanol–water partition coefficient (Wildman–Crippen LogP) is 2.67. The zero-order chi connectivity index (χ0) is 22.3. The minimum atomic E-state index is -3.84. The van der Waals surface area contributed by atoms with Gasteiger partial charge in [-0.15, -0.1) is 0 Å². The van der Waals surface area contributed by atoms with Crippen LogP contribution in [-0.2, 0) is 26.1 Å². The van der Waals surface area contributed by atoms with Crippen molar-refractivity contribution in [2.75, 3.05) is 27.9 Å². The maximum Gasteiger partial charge on any atom is 0.387 e. The van der Waals surface area contributed by atoms with Crippen LogP contribution in [0.5, 0.6) is 17.2 Å². The van der Waals surface area contributed by atoms with Crippen LogP contribution >= 0.6 is 0 Å². The largest absolute Gasteiger partial charge is 0.493 e. The van der Waals surface area contributed by atoms with E-state index in [1.807, 2.05) is 0 Å². The van der Waals surface area contributed by atoms with Crippen molar-refractivity contribution in [1.29, 1.82) is 0 Å². The van der Waals surface area contributed by atoms with Crippen molar-refractivity contribution in [2.24, 2.45) is 0 Å². The van der Waals surface area contributed by atoms with Gasteiger partial charge >= 0.3 is 12.6 Å². The Bertz CT molecular complexity index is 965. The molecule has 164 valence electrons. The van der Waals surface area contributed by atoms with Crippen LogP contribution in [0.4, 0.5) is 8.78 Å². The van der Waals surface area contributed by atoms with Crippen molar-refractivity contribution in [3.63, 3.8) is 0 Å². The highest BCUT2D eigenvalue weighted by atomic mass is 32.2. The molecule has 0 aliphatic carbocycles. The van der Waals surface area contributed by atoms with E-state index in [-0.39, 0.29) is 29.5 Å². The van der Waals surface area contributed by atoms with E-state index in [0.717, 1.165) is 4.31 Å². The Labute approximate surface area is 173 Å². The summed E-state index contributed by atoms with van der Waals surface area (Å²) in [6.07, 6.45) is 0. The number of benzene rings is 2. The van der Waals surface area contributed by atoms with Gasteiger partial charge in [-0.1, -0.05) is 6.07 Å². The van der Waals surface area contributed by atoms with Crippen molar-refractivity contribution in [2.45, 2.75) is 18.1 Å². The first kappa shape index (κ1) is 23.4. The van der Waals surface area contributed by atoms with Crippen LogP contribution in [-0.4, -0.2) is 53.2 Å². The van der Waals surface area contributed by atoms with Crippen molar-refractivity contribution in [3.05, 3.63) is 48.0 Å². The first-order valence-corrected chi connectivity index (χ1v) is 9.99. The lowest BCUT2D eigenvalue weighted by Crippen LogP contribution is -2.26. The lowest BCUT2D eigenvalue weighted by Gasteiger charge is -2.18. The molecule has 0 saturated heterocycles. The molecular formula is C19H21F2NO7S. The van der Waals surface area contributed by atoms with Crippen LogP contribution in [0.1, 0.15) is 5.56 Å². The van der Waals surface area contributed by atoms with Gasteiger partial charge in [-0.25, -0.2) is 13.2 Å². The van der Waals surface area contributed by atoms with E-state index in [1.165, 1.54) is 63.7 Å². The van der Waals surface area contributed by atoms with E-state index in [2.05, 4.69) is 9.47 Å². The zero-order valence-electron chi connectivity index (χ0n) is 16.5. The molecule has 0 heterocycles. The van der Waals surface area contributed by atoms with Gasteiger partial charge in [0.05, 0.1) is 19.1 Å². The van der Waals surface area contributed by atoms with Gasteiger partial charge in [0.25, 0.3) is 0 Å². The molecule has 0 atom stereocenters. The summed E-state index contributed by atoms with van der Waals surface area (Å²) in [5.74, 6) is -0.344. The van der Waals surface area contributed by atoms with Crippen molar-refractivity contribution in [1.82, 2.24) is 4.31 Å². The minimum absolute atomic E-state index is 0.0139. The fourth-order valence-electron chi connectivity index (χ4n) is 2.43. The predicted molar refractivity (Wildman–Crippen MR) is 102 cm³/mol.